The van der Waals surface area contributed by atoms with Gasteiger partial charge in [0, 0.05) is 11.6 Å². The largest absolute Gasteiger partial charge is 0.469 e. The fraction of sp³-hybridized carbons (Fsp3) is 0.300. The van der Waals surface area contributed by atoms with Crippen molar-refractivity contribution in [3.63, 3.8) is 0 Å². The van der Waals surface area contributed by atoms with Gasteiger partial charge in [0.2, 0.25) is 0 Å². The molecule has 0 saturated carbocycles. The number of carbonyl (C=O) groups is 1. The molecule has 3 nitrogen and oxygen atoms in total. The number of benzene rings is 1. The Morgan fingerprint density at radius 1 is 1.67 bits per heavy atom. The third-order valence-corrected chi connectivity index (χ3v) is 2.61. The van der Waals surface area contributed by atoms with E-state index in [1.807, 2.05) is 0 Å². The Kier molecular flexibility index (Phi) is 4.23. The van der Waals surface area contributed by atoms with Crippen LogP contribution in [0, 0.1) is 5.82 Å². The minimum absolute atomic E-state index is 0.0378. The molecule has 0 aromatic heterocycles. The molecular weight excluding hydrogens is 265 g/mol. The maximum atomic E-state index is 13.5. The van der Waals surface area contributed by atoms with Gasteiger partial charge in [0.05, 0.1) is 18.0 Å². The number of rotatable bonds is 3. The van der Waals surface area contributed by atoms with Crippen LogP contribution in [0.3, 0.4) is 0 Å². The summed E-state index contributed by atoms with van der Waals surface area (Å²) in [5, 5.41) is 0. The molecule has 2 N–H and O–H groups in total. The van der Waals surface area contributed by atoms with Crippen molar-refractivity contribution in [2.45, 2.75) is 12.5 Å². The van der Waals surface area contributed by atoms with Crippen LogP contribution in [-0.2, 0) is 9.53 Å². The third kappa shape index (κ3) is 3.00. The summed E-state index contributed by atoms with van der Waals surface area (Å²) in [6, 6.07) is 4.10. The molecule has 82 valence electrons. The minimum atomic E-state index is -0.685. The highest BCUT2D eigenvalue weighted by Gasteiger charge is 2.16. The van der Waals surface area contributed by atoms with Crippen LogP contribution in [0.15, 0.2) is 22.7 Å². The van der Waals surface area contributed by atoms with Crippen LogP contribution in [0.1, 0.15) is 18.0 Å². The second-order valence-corrected chi connectivity index (χ2v) is 3.88. The van der Waals surface area contributed by atoms with E-state index in [2.05, 4.69) is 20.7 Å². The zero-order chi connectivity index (χ0) is 11.4. The summed E-state index contributed by atoms with van der Waals surface area (Å²) < 4.78 is 18.3. The Bertz CT molecular complexity index is 370. The number of hydrogen-bond donors (Lipinski definition) is 1. The topological polar surface area (TPSA) is 52.3 Å². The molecule has 0 spiro atoms. The van der Waals surface area contributed by atoms with Crippen molar-refractivity contribution in [1.82, 2.24) is 0 Å². The minimum Gasteiger partial charge on any atom is -0.469 e. The third-order valence-electron chi connectivity index (χ3n) is 2.00. The van der Waals surface area contributed by atoms with Crippen LogP contribution in [0.5, 0.6) is 0 Å². The molecule has 1 atom stereocenters. The first-order valence-electron chi connectivity index (χ1n) is 4.32. The molecule has 0 aliphatic carbocycles. The van der Waals surface area contributed by atoms with Gasteiger partial charge in [-0.2, -0.15) is 0 Å². The van der Waals surface area contributed by atoms with Gasteiger partial charge in [-0.1, -0.05) is 12.1 Å². The molecule has 15 heavy (non-hydrogen) atoms. The molecule has 0 unspecified atom stereocenters. The molecule has 1 aromatic carbocycles. The van der Waals surface area contributed by atoms with E-state index in [0.717, 1.165) is 0 Å². The maximum Gasteiger partial charge on any atom is 0.307 e. The molecule has 0 aliphatic heterocycles. The van der Waals surface area contributed by atoms with Crippen molar-refractivity contribution >= 4 is 21.9 Å². The Hall–Kier alpha value is -0.940. The van der Waals surface area contributed by atoms with Crippen LogP contribution < -0.4 is 5.73 Å². The van der Waals surface area contributed by atoms with Gasteiger partial charge in [0.15, 0.2) is 0 Å². The SMILES string of the molecule is COC(=O)C[C@@H](N)c1cccc(Br)c1F. The summed E-state index contributed by atoms with van der Waals surface area (Å²) in [5.41, 5.74) is 5.98. The number of methoxy groups -OCH3 is 1. The molecule has 0 amide bonds. The van der Waals surface area contributed by atoms with Crippen molar-refractivity contribution in [3.8, 4) is 0 Å². The highest BCUT2D eigenvalue weighted by atomic mass is 79.9. The van der Waals surface area contributed by atoms with Gasteiger partial charge in [-0.15, -0.1) is 0 Å². The molecule has 0 radical (unpaired) electrons. The molecule has 1 aromatic rings. The Balaban J connectivity index is 2.86. The second-order valence-electron chi connectivity index (χ2n) is 3.03. The fourth-order valence-electron chi connectivity index (χ4n) is 1.18. The molecule has 5 heteroatoms. The smallest absolute Gasteiger partial charge is 0.307 e. The summed E-state index contributed by atoms with van der Waals surface area (Å²) >= 11 is 3.05. The van der Waals surface area contributed by atoms with E-state index in [1.54, 1.807) is 18.2 Å². The molecule has 0 bridgehead atoms. The first kappa shape index (κ1) is 12.1. The van der Waals surface area contributed by atoms with Gasteiger partial charge in [0.1, 0.15) is 5.82 Å². The van der Waals surface area contributed by atoms with Gasteiger partial charge in [-0.05, 0) is 22.0 Å². The molecule has 0 saturated heterocycles. The van der Waals surface area contributed by atoms with Gasteiger partial charge >= 0.3 is 5.97 Å². The first-order chi connectivity index (χ1) is 7.06. The fourth-order valence-corrected chi connectivity index (χ4v) is 1.56. The van der Waals surface area contributed by atoms with E-state index in [-0.39, 0.29) is 6.42 Å². The first-order valence-corrected chi connectivity index (χ1v) is 5.12. The lowest BCUT2D eigenvalue weighted by Gasteiger charge is -2.12. The molecule has 0 aliphatic rings. The van der Waals surface area contributed by atoms with Crippen molar-refractivity contribution in [1.29, 1.82) is 0 Å². The summed E-state index contributed by atoms with van der Waals surface area (Å²) in [7, 11) is 1.27. The quantitative estimate of drug-likeness (QED) is 0.860. The van der Waals surface area contributed by atoms with Gasteiger partial charge in [-0.25, -0.2) is 4.39 Å². The lowest BCUT2D eigenvalue weighted by molar-refractivity contribution is -0.141. The van der Waals surface area contributed by atoms with Crippen LogP contribution in [-0.4, -0.2) is 13.1 Å². The van der Waals surface area contributed by atoms with Crippen LogP contribution in [0.2, 0.25) is 0 Å². The number of carbonyl (C=O) groups excluding carboxylic acids is 1. The zero-order valence-corrected chi connectivity index (χ0v) is 9.75. The monoisotopic (exact) mass is 275 g/mol. The lowest BCUT2D eigenvalue weighted by atomic mass is 10.0. The van der Waals surface area contributed by atoms with Crippen molar-refractivity contribution in [2.75, 3.05) is 7.11 Å². The number of esters is 1. The van der Waals surface area contributed by atoms with E-state index >= 15 is 0 Å². The Morgan fingerprint density at radius 2 is 2.33 bits per heavy atom. The summed E-state index contributed by atoms with van der Waals surface area (Å²) in [5.74, 6) is -0.893. The van der Waals surface area contributed by atoms with Crippen molar-refractivity contribution < 1.29 is 13.9 Å². The number of ether oxygens (including phenoxy) is 1. The van der Waals surface area contributed by atoms with Gasteiger partial charge in [-0.3, -0.25) is 4.79 Å². The average Bonchev–Trinajstić information content (AvgIpc) is 2.21. The van der Waals surface area contributed by atoms with Crippen molar-refractivity contribution in [3.05, 3.63) is 34.1 Å². The Morgan fingerprint density at radius 3 is 2.93 bits per heavy atom. The van der Waals surface area contributed by atoms with E-state index in [4.69, 9.17) is 5.73 Å². The zero-order valence-electron chi connectivity index (χ0n) is 8.17. The number of nitrogens with two attached hydrogens (primary N) is 1. The standard InChI is InChI=1S/C10H11BrFNO2/c1-15-9(14)5-8(13)6-3-2-4-7(11)10(6)12/h2-4,8H,5,13H2,1H3/t8-/m1/s1. The highest BCUT2D eigenvalue weighted by Crippen LogP contribution is 2.24. The van der Waals surface area contributed by atoms with Crippen LogP contribution >= 0.6 is 15.9 Å². The van der Waals surface area contributed by atoms with E-state index < -0.39 is 17.8 Å². The molecule has 0 heterocycles. The normalized spacial score (nSPS) is 12.3. The molecule has 0 fully saturated rings. The van der Waals surface area contributed by atoms with Crippen LogP contribution in [0.25, 0.3) is 0 Å². The average molecular weight is 276 g/mol. The van der Waals surface area contributed by atoms with Crippen LogP contribution in [0.4, 0.5) is 4.39 Å². The molecular formula is C10H11BrFNO2. The lowest BCUT2D eigenvalue weighted by Crippen LogP contribution is -2.17. The molecule has 1 rings (SSSR count). The summed E-state index contributed by atoms with van der Waals surface area (Å²) in [6.07, 6.45) is -0.0378. The van der Waals surface area contributed by atoms with Gasteiger partial charge in [0.25, 0.3) is 0 Å². The van der Waals surface area contributed by atoms with E-state index in [0.29, 0.717) is 10.0 Å². The summed E-state index contributed by atoms with van der Waals surface area (Å²) in [6.45, 7) is 0. The number of halogens is 2. The Labute approximate surface area is 95.5 Å². The maximum absolute atomic E-state index is 13.5. The number of hydrogen-bond acceptors (Lipinski definition) is 3. The summed E-state index contributed by atoms with van der Waals surface area (Å²) in [4.78, 5) is 11.0. The van der Waals surface area contributed by atoms with Gasteiger partial charge < -0.3 is 10.5 Å². The predicted octanol–water partition coefficient (Wildman–Crippen LogP) is 2.15. The predicted molar refractivity (Wildman–Crippen MR) is 57.7 cm³/mol. The second kappa shape index (κ2) is 5.23. The van der Waals surface area contributed by atoms with Crippen molar-refractivity contribution in [2.24, 2.45) is 5.73 Å². The van der Waals surface area contributed by atoms with E-state index in [1.165, 1.54) is 7.11 Å². The van der Waals surface area contributed by atoms with E-state index in [9.17, 15) is 9.18 Å². The highest BCUT2D eigenvalue weighted by molar-refractivity contribution is 9.10.